The lowest BCUT2D eigenvalue weighted by atomic mass is 10.0. The summed E-state index contributed by atoms with van der Waals surface area (Å²) in [7, 11) is 1.96. The van der Waals surface area contributed by atoms with Crippen molar-refractivity contribution in [3.05, 3.63) is 59.2 Å². The molecule has 6 heteroatoms. The van der Waals surface area contributed by atoms with Gasteiger partial charge in [-0.3, -0.25) is 4.79 Å². The number of rotatable bonds is 5. The molecule has 3 N–H and O–H groups in total. The van der Waals surface area contributed by atoms with Crippen LogP contribution >= 0.6 is 0 Å². The second-order valence-corrected chi connectivity index (χ2v) is 6.16. The van der Waals surface area contributed by atoms with Gasteiger partial charge in [-0.1, -0.05) is 12.1 Å². The van der Waals surface area contributed by atoms with Crippen LogP contribution in [0.5, 0.6) is 0 Å². The van der Waals surface area contributed by atoms with Crippen molar-refractivity contribution in [3.8, 4) is 0 Å². The Morgan fingerprint density at radius 2 is 2.04 bits per heavy atom. The van der Waals surface area contributed by atoms with Crippen molar-refractivity contribution in [1.29, 1.82) is 0 Å². The minimum atomic E-state index is -0.249. The molecule has 0 fully saturated rings. The average Bonchev–Trinajstić information content (AvgIpc) is 2.81. The second kappa shape index (κ2) is 6.93. The molecule has 0 aliphatic rings. The minimum absolute atomic E-state index is 0.0574. The van der Waals surface area contributed by atoms with Gasteiger partial charge in [0.15, 0.2) is 0 Å². The molecule has 0 spiro atoms. The van der Waals surface area contributed by atoms with Crippen LogP contribution in [0, 0.1) is 5.82 Å². The van der Waals surface area contributed by atoms with Gasteiger partial charge in [0.05, 0.1) is 11.9 Å². The first kappa shape index (κ1) is 17.0. The second-order valence-electron chi connectivity index (χ2n) is 6.16. The van der Waals surface area contributed by atoms with Crippen LogP contribution in [0.15, 0.2) is 36.5 Å². The van der Waals surface area contributed by atoms with Crippen LogP contribution in [0.2, 0.25) is 0 Å². The molecule has 0 aliphatic carbocycles. The number of amides is 1. The van der Waals surface area contributed by atoms with E-state index < -0.39 is 0 Å². The molecule has 130 valence electrons. The SMILES string of the molecule is CC(=O)NCCc1c(Cc2ccc(F)cc2)n(C)c2ncc(N)cc12. The Balaban J connectivity index is 2.03. The standard InChI is InChI=1S/C19H21FN4O/c1-12(25)22-8-7-16-17-10-15(21)11-23-19(17)24(2)18(16)9-13-3-5-14(20)6-4-13/h3-6,10-11H,7-9,21H2,1-2H3,(H,22,25). The maximum atomic E-state index is 13.2. The molecular formula is C19H21FN4O. The van der Waals surface area contributed by atoms with E-state index in [1.165, 1.54) is 19.1 Å². The number of anilines is 1. The fourth-order valence-electron chi connectivity index (χ4n) is 3.11. The van der Waals surface area contributed by atoms with Gasteiger partial charge in [-0.15, -0.1) is 0 Å². The van der Waals surface area contributed by atoms with Crippen LogP contribution in [-0.2, 0) is 24.7 Å². The van der Waals surface area contributed by atoms with Gasteiger partial charge in [-0.25, -0.2) is 9.37 Å². The number of carbonyl (C=O) groups excluding carboxylic acids is 1. The third-order valence-corrected chi connectivity index (χ3v) is 4.32. The Morgan fingerprint density at radius 1 is 1.32 bits per heavy atom. The number of fused-ring (bicyclic) bond motifs is 1. The highest BCUT2D eigenvalue weighted by Crippen LogP contribution is 2.28. The van der Waals surface area contributed by atoms with Gasteiger partial charge in [0.1, 0.15) is 11.5 Å². The maximum Gasteiger partial charge on any atom is 0.216 e. The van der Waals surface area contributed by atoms with E-state index in [-0.39, 0.29) is 11.7 Å². The Kier molecular flexibility index (Phi) is 4.70. The minimum Gasteiger partial charge on any atom is -0.397 e. The first-order valence-corrected chi connectivity index (χ1v) is 8.16. The molecule has 0 saturated heterocycles. The highest BCUT2D eigenvalue weighted by atomic mass is 19.1. The van der Waals surface area contributed by atoms with Crippen molar-refractivity contribution in [1.82, 2.24) is 14.9 Å². The van der Waals surface area contributed by atoms with Crippen LogP contribution in [0.3, 0.4) is 0 Å². The van der Waals surface area contributed by atoms with E-state index in [0.29, 0.717) is 25.1 Å². The predicted octanol–water partition coefficient (Wildman–Crippen LogP) is 2.56. The summed E-state index contributed by atoms with van der Waals surface area (Å²) in [5.41, 5.74) is 10.6. The van der Waals surface area contributed by atoms with E-state index >= 15 is 0 Å². The highest BCUT2D eigenvalue weighted by molar-refractivity contribution is 5.85. The zero-order valence-electron chi connectivity index (χ0n) is 14.3. The van der Waals surface area contributed by atoms with Crippen LogP contribution < -0.4 is 11.1 Å². The van der Waals surface area contributed by atoms with Crippen molar-refractivity contribution >= 4 is 22.6 Å². The van der Waals surface area contributed by atoms with Crippen molar-refractivity contribution < 1.29 is 9.18 Å². The normalized spacial score (nSPS) is 11.0. The van der Waals surface area contributed by atoms with Crippen molar-refractivity contribution in [2.75, 3.05) is 12.3 Å². The molecule has 25 heavy (non-hydrogen) atoms. The summed E-state index contributed by atoms with van der Waals surface area (Å²) in [5, 5.41) is 3.82. The topological polar surface area (TPSA) is 72.9 Å². The van der Waals surface area contributed by atoms with Gasteiger partial charge in [-0.05, 0) is 35.7 Å². The monoisotopic (exact) mass is 340 g/mol. The summed E-state index contributed by atoms with van der Waals surface area (Å²) in [5.74, 6) is -0.306. The van der Waals surface area contributed by atoms with Gasteiger partial charge in [0, 0.05) is 38.0 Å². The third kappa shape index (κ3) is 3.63. The molecule has 2 aromatic heterocycles. The lowest BCUT2D eigenvalue weighted by molar-refractivity contribution is -0.118. The number of aryl methyl sites for hydroxylation is 1. The molecule has 3 aromatic rings. The van der Waals surface area contributed by atoms with Crippen molar-refractivity contribution in [2.24, 2.45) is 7.05 Å². The number of halogens is 1. The van der Waals surface area contributed by atoms with Crippen molar-refractivity contribution in [2.45, 2.75) is 19.8 Å². The smallest absolute Gasteiger partial charge is 0.216 e. The molecule has 1 amide bonds. The van der Waals surface area contributed by atoms with Crippen LogP contribution in [0.25, 0.3) is 11.0 Å². The van der Waals surface area contributed by atoms with E-state index in [0.717, 1.165) is 27.9 Å². The molecule has 0 aliphatic heterocycles. The lowest BCUT2D eigenvalue weighted by Crippen LogP contribution is -2.22. The first-order chi connectivity index (χ1) is 12.0. The Hall–Kier alpha value is -2.89. The van der Waals surface area contributed by atoms with Gasteiger partial charge < -0.3 is 15.6 Å². The summed E-state index contributed by atoms with van der Waals surface area (Å²) in [6.45, 7) is 2.04. The van der Waals surface area contributed by atoms with Gasteiger partial charge >= 0.3 is 0 Å². The average molecular weight is 340 g/mol. The van der Waals surface area contributed by atoms with E-state index in [1.54, 1.807) is 18.3 Å². The number of nitrogens with one attached hydrogen (secondary N) is 1. The summed E-state index contributed by atoms with van der Waals surface area (Å²) in [6, 6.07) is 8.41. The van der Waals surface area contributed by atoms with Crippen molar-refractivity contribution in [3.63, 3.8) is 0 Å². The number of aromatic nitrogens is 2. The van der Waals surface area contributed by atoms with E-state index in [9.17, 15) is 9.18 Å². The quantitative estimate of drug-likeness (QED) is 0.750. The number of nitrogens with zero attached hydrogens (tertiary/aromatic N) is 2. The van der Waals surface area contributed by atoms with E-state index in [1.807, 2.05) is 17.7 Å². The molecule has 1 aromatic carbocycles. The molecule has 0 atom stereocenters. The molecule has 2 heterocycles. The van der Waals surface area contributed by atoms with E-state index in [4.69, 9.17) is 5.73 Å². The number of hydrogen-bond donors (Lipinski definition) is 2. The number of hydrogen-bond acceptors (Lipinski definition) is 3. The van der Waals surface area contributed by atoms with Gasteiger partial charge in [0.2, 0.25) is 5.91 Å². The Morgan fingerprint density at radius 3 is 2.72 bits per heavy atom. The zero-order valence-corrected chi connectivity index (χ0v) is 14.3. The highest BCUT2D eigenvalue weighted by Gasteiger charge is 2.16. The fourth-order valence-corrected chi connectivity index (χ4v) is 3.11. The predicted molar refractivity (Wildman–Crippen MR) is 96.7 cm³/mol. The molecule has 0 radical (unpaired) electrons. The fraction of sp³-hybridized carbons (Fsp3) is 0.263. The molecule has 0 bridgehead atoms. The van der Waals surface area contributed by atoms with Gasteiger partial charge in [0.25, 0.3) is 0 Å². The number of benzene rings is 1. The molecule has 3 rings (SSSR count). The largest absolute Gasteiger partial charge is 0.397 e. The summed E-state index contributed by atoms with van der Waals surface area (Å²) >= 11 is 0. The van der Waals surface area contributed by atoms with Crippen LogP contribution in [0.4, 0.5) is 10.1 Å². The zero-order chi connectivity index (χ0) is 18.0. The summed E-state index contributed by atoms with van der Waals surface area (Å²) < 4.78 is 15.2. The first-order valence-electron chi connectivity index (χ1n) is 8.16. The van der Waals surface area contributed by atoms with Gasteiger partial charge in [-0.2, -0.15) is 0 Å². The maximum absolute atomic E-state index is 13.2. The summed E-state index contributed by atoms with van der Waals surface area (Å²) in [6.07, 6.45) is 2.97. The molecule has 0 saturated carbocycles. The third-order valence-electron chi connectivity index (χ3n) is 4.32. The number of pyridine rings is 1. The molecular weight excluding hydrogens is 319 g/mol. The van der Waals surface area contributed by atoms with Crippen LogP contribution in [-0.4, -0.2) is 22.0 Å². The lowest BCUT2D eigenvalue weighted by Gasteiger charge is -2.09. The van der Waals surface area contributed by atoms with E-state index in [2.05, 4.69) is 10.3 Å². The number of carbonyl (C=O) groups is 1. The summed E-state index contributed by atoms with van der Waals surface area (Å²) in [4.78, 5) is 15.6. The molecule has 5 nitrogen and oxygen atoms in total. The Bertz CT molecular complexity index is 915. The number of nitrogen functional groups attached to an aromatic ring is 1. The molecule has 0 unspecified atom stereocenters. The Labute approximate surface area is 145 Å². The van der Waals surface area contributed by atoms with Crippen LogP contribution in [0.1, 0.15) is 23.7 Å². The number of nitrogens with two attached hydrogens (primary N) is 1.